The number of halogens is 3. The van der Waals surface area contributed by atoms with Crippen molar-refractivity contribution in [3.63, 3.8) is 0 Å². The van der Waals surface area contributed by atoms with Crippen molar-refractivity contribution in [1.29, 1.82) is 0 Å². The zero-order valence-corrected chi connectivity index (χ0v) is 9.20. The van der Waals surface area contributed by atoms with Crippen molar-refractivity contribution in [3.05, 3.63) is 59.0 Å². The first-order valence-corrected chi connectivity index (χ1v) is 5.11. The molecule has 0 aliphatic rings. The summed E-state index contributed by atoms with van der Waals surface area (Å²) in [5.74, 6) is -3.03. The number of pyridine rings is 1. The van der Waals surface area contributed by atoms with Gasteiger partial charge in [0.1, 0.15) is 23.3 Å². The van der Waals surface area contributed by atoms with Crippen molar-refractivity contribution < 1.29 is 13.2 Å². The molecule has 0 amide bonds. The Kier molecular flexibility index (Phi) is 3.20. The second kappa shape index (κ2) is 4.66. The molecular formula is C12H10F3N3. The zero-order chi connectivity index (χ0) is 13.3. The quantitative estimate of drug-likeness (QED) is 0.861. The summed E-state index contributed by atoms with van der Waals surface area (Å²) in [6, 6.07) is 3.06. The van der Waals surface area contributed by atoms with E-state index in [-0.39, 0.29) is 11.4 Å². The van der Waals surface area contributed by atoms with Crippen molar-refractivity contribution in [3.8, 4) is 0 Å². The zero-order valence-electron chi connectivity index (χ0n) is 9.20. The SMILES string of the molecule is Nc1ncccc1C(N)c1c(F)cc(F)cc1F. The number of benzene rings is 1. The number of rotatable bonds is 2. The third-order valence-electron chi connectivity index (χ3n) is 2.56. The molecule has 1 aromatic carbocycles. The molecule has 6 heteroatoms. The highest BCUT2D eigenvalue weighted by atomic mass is 19.1. The van der Waals surface area contributed by atoms with Gasteiger partial charge in [-0.15, -0.1) is 0 Å². The Morgan fingerprint density at radius 1 is 1.11 bits per heavy atom. The van der Waals surface area contributed by atoms with Gasteiger partial charge >= 0.3 is 0 Å². The van der Waals surface area contributed by atoms with E-state index in [4.69, 9.17) is 11.5 Å². The van der Waals surface area contributed by atoms with Gasteiger partial charge in [0.2, 0.25) is 0 Å². The maximum atomic E-state index is 13.6. The molecule has 1 heterocycles. The topological polar surface area (TPSA) is 64.9 Å². The molecule has 0 aliphatic carbocycles. The largest absolute Gasteiger partial charge is 0.383 e. The molecule has 0 bridgehead atoms. The summed E-state index contributed by atoms with van der Waals surface area (Å²) in [5.41, 5.74) is 11.2. The third kappa shape index (κ3) is 2.14. The molecule has 2 aromatic rings. The average Bonchev–Trinajstić information content (AvgIpc) is 2.27. The van der Waals surface area contributed by atoms with Crippen molar-refractivity contribution in [1.82, 2.24) is 4.98 Å². The molecule has 0 saturated carbocycles. The van der Waals surface area contributed by atoms with E-state index in [1.54, 1.807) is 6.07 Å². The van der Waals surface area contributed by atoms with Gasteiger partial charge in [0.05, 0.1) is 6.04 Å². The number of nitrogen functional groups attached to an aromatic ring is 1. The van der Waals surface area contributed by atoms with Gasteiger partial charge in [0.15, 0.2) is 0 Å². The molecule has 94 valence electrons. The van der Waals surface area contributed by atoms with Gasteiger partial charge in [0.25, 0.3) is 0 Å². The number of nitrogens with two attached hydrogens (primary N) is 2. The minimum atomic E-state index is -1.14. The fourth-order valence-corrected chi connectivity index (χ4v) is 1.70. The normalized spacial score (nSPS) is 12.4. The fourth-order valence-electron chi connectivity index (χ4n) is 1.70. The molecule has 0 spiro atoms. The lowest BCUT2D eigenvalue weighted by Gasteiger charge is -2.15. The summed E-state index contributed by atoms with van der Waals surface area (Å²) >= 11 is 0. The van der Waals surface area contributed by atoms with E-state index in [9.17, 15) is 13.2 Å². The lowest BCUT2D eigenvalue weighted by molar-refractivity contribution is 0.515. The van der Waals surface area contributed by atoms with Crippen LogP contribution in [0.5, 0.6) is 0 Å². The van der Waals surface area contributed by atoms with E-state index in [1.165, 1.54) is 12.3 Å². The number of anilines is 1. The van der Waals surface area contributed by atoms with Crippen LogP contribution in [-0.2, 0) is 0 Å². The highest BCUT2D eigenvalue weighted by molar-refractivity contribution is 5.45. The molecule has 0 saturated heterocycles. The molecule has 0 radical (unpaired) electrons. The van der Waals surface area contributed by atoms with Crippen molar-refractivity contribution in [2.24, 2.45) is 5.73 Å². The standard InChI is InChI=1S/C12H10F3N3/c13-6-4-8(14)10(9(15)5-6)11(16)7-2-1-3-18-12(7)17/h1-5,11H,16H2,(H2,17,18). The van der Waals surface area contributed by atoms with Crippen LogP contribution in [0.1, 0.15) is 17.2 Å². The van der Waals surface area contributed by atoms with Crippen LogP contribution < -0.4 is 11.5 Å². The van der Waals surface area contributed by atoms with Crippen molar-refractivity contribution >= 4 is 5.82 Å². The van der Waals surface area contributed by atoms with Gasteiger partial charge in [0, 0.05) is 29.5 Å². The Balaban J connectivity index is 2.53. The monoisotopic (exact) mass is 253 g/mol. The first-order chi connectivity index (χ1) is 8.50. The summed E-state index contributed by atoms with van der Waals surface area (Å²) in [6.45, 7) is 0. The van der Waals surface area contributed by atoms with Crippen molar-refractivity contribution in [2.45, 2.75) is 6.04 Å². The van der Waals surface area contributed by atoms with Gasteiger partial charge < -0.3 is 11.5 Å². The minimum absolute atomic E-state index is 0.0770. The van der Waals surface area contributed by atoms with Crippen LogP contribution in [0.2, 0.25) is 0 Å². The number of nitrogens with zero attached hydrogens (tertiary/aromatic N) is 1. The summed E-state index contributed by atoms with van der Waals surface area (Å²) in [5, 5.41) is 0. The summed E-state index contributed by atoms with van der Waals surface area (Å²) in [6.07, 6.45) is 1.43. The van der Waals surface area contributed by atoms with Gasteiger partial charge in [-0.3, -0.25) is 0 Å². The van der Waals surface area contributed by atoms with Crippen LogP contribution in [0, 0.1) is 17.5 Å². The number of hydrogen-bond acceptors (Lipinski definition) is 3. The predicted octanol–water partition coefficient (Wildman–Crippen LogP) is 2.13. The van der Waals surface area contributed by atoms with E-state index in [0.29, 0.717) is 12.1 Å². The maximum Gasteiger partial charge on any atom is 0.134 e. The molecule has 0 aliphatic heterocycles. The molecule has 18 heavy (non-hydrogen) atoms. The molecule has 3 nitrogen and oxygen atoms in total. The molecule has 1 unspecified atom stereocenters. The van der Waals surface area contributed by atoms with Gasteiger partial charge in [-0.25, -0.2) is 18.2 Å². The van der Waals surface area contributed by atoms with Gasteiger partial charge in [-0.05, 0) is 6.07 Å². The van der Waals surface area contributed by atoms with Crippen LogP contribution in [-0.4, -0.2) is 4.98 Å². The first-order valence-electron chi connectivity index (χ1n) is 5.11. The summed E-state index contributed by atoms with van der Waals surface area (Å²) in [4.78, 5) is 3.78. The van der Waals surface area contributed by atoms with E-state index >= 15 is 0 Å². The highest BCUT2D eigenvalue weighted by Crippen LogP contribution is 2.27. The Labute approximate surface area is 101 Å². The second-order valence-electron chi connectivity index (χ2n) is 3.74. The summed E-state index contributed by atoms with van der Waals surface area (Å²) < 4.78 is 39.9. The highest BCUT2D eigenvalue weighted by Gasteiger charge is 2.21. The Bertz CT molecular complexity index is 564. The Morgan fingerprint density at radius 2 is 1.72 bits per heavy atom. The third-order valence-corrected chi connectivity index (χ3v) is 2.56. The summed E-state index contributed by atoms with van der Waals surface area (Å²) in [7, 11) is 0. The second-order valence-corrected chi connectivity index (χ2v) is 3.74. The van der Waals surface area contributed by atoms with E-state index in [1.807, 2.05) is 0 Å². The molecular weight excluding hydrogens is 243 g/mol. The average molecular weight is 253 g/mol. The maximum absolute atomic E-state index is 13.6. The van der Waals surface area contributed by atoms with E-state index < -0.39 is 29.1 Å². The lowest BCUT2D eigenvalue weighted by atomic mass is 9.99. The van der Waals surface area contributed by atoms with Crippen LogP contribution in [0.4, 0.5) is 19.0 Å². The Hall–Kier alpha value is -2.08. The molecule has 2 rings (SSSR count). The number of hydrogen-bond donors (Lipinski definition) is 2. The van der Waals surface area contributed by atoms with E-state index in [0.717, 1.165) is 0 Å². The molecule has 1 aromatic heterocycles. The number of aromatic nitrogens is 1. The van der Waals surface area contributed by atoms with Gasteiger partial charge in [-0.1, -0.05) is 6.07 Å². The minimum Gasteiger partial charge on any atom is -0.383 e. The van der Waals surface area contributed by atoms with Crippen LogP contribution in [0.3, 0.4) is 0 Å². The van der Waals surface area contributed by atoms with Crippen LogP contribution in [0.25, 0.3) is 0 Å². The van der Waals surface area contributed by atoms with Crippen molar-refractivity contribution in [2.75, 3.05) is 5.73 Å². The molecule has 0 fully saturated rings. The fraction of sp³-hybridized carbons (Fsp3) is 0.0833. The Morgan fingerprint density at radius 3 is 2.28 bits per heavy atom. The molecule has 1 atom stereocenters. The lowest BCUT2D eigenvalue weighted by Crippen LogP contribution is -2.18. The predicted molar refractivity (Wildman–Crippen MR) is 61.0 cm³/mol. The first kappa shape index (κ1) is 12.4. The smallest absolute Gasteiger partial charge is 0.134 e. The van der Waals surface area contributed by atoms with Crippen LogP contribution in [0.15, 0.2) is 30.5 Å². The molecule has 4 N–H and O–H groups in total. The van der Waals surface area contributed by atoms with Crippen LogP contribution >= 0.6 is 0 Å². The van der Waals surface area contributed by atoms with Gasteiger partial charge in [-0.2, -0.15) is 0 Å². The van der Waals surface area contributed by atoms with E-state index in [2.05, 4.69) is 4.98 Å².